The summed E-state index contributed by atoms with van der Waals surface area (Å²) in [6, 6.07) is 7.64. The predicted octanol–water partition coefficient (Wildman–Crippen LogP) is 4.54. The zero-order valence-corrected chi connectivity index (χ0v) is 19.3. The van der Waals surface area contributed by atoms with Gasteiger partial charge in [-0.15, -0.1) is 22.7 Å². The molecule has 0 fully saturated rings. The topological polar surface area (TPSA) is 86.1 Å². The fourth-order valence-corrected chi connectivity index (χ4v) is 5.14. The lowest BCUT2D eigenvalue weighted by Gasteiger charge is -2.05. The van der Waals surface area contributed by atoms with Gasteiger partial charge in [-0.05, 0) is 50.6 Å². The number of hydrogen-bond donors (Lipinski definition) is 1. The van der Waals surface area contributed by atoms with Gasteiger partial charge in [0.2, 0.25) is 5.91 Å². The maximum absolute atomic E-state index is 12.8. The van der Waals surface area contributed by atoms with E-state index in [9.17, 15) is 9.59 Å². The minimum Gasteiger partial charge on any atom is -0.497 e. The molecular weight excluding hydrogens is 432 g/mol. The molecule has 0 aliphatic carbocycles. The summed E-state index contributed by atoms with van der Waals surface area (Å²) in [5.41, 5.74) is 2.65. The highest BCUT2D eigenvalue weighted by Crippen LogP contribution is 2.31. The van der Waals surface area contributed by atoms with Crippen LogP contribution in [0.3, 0.4) is 0 Å². The predicted molar refractivity (Wildman–Crippen MR) is 125 cm³/mol. The van der Waals surface area contributed by atoms with Gasteiger partial charge in [0.1, 0.15) is 10.6 Å². The van der Waals surface area contributed by atoms with E-state index >= 15 is 0 Å². The van der Waals surface area contributed by atoms with Gasteiger partial charge in [0, 0.05) is 28.3 Å². The van der Waals surface area contributed by atoms with Crippen molar-refractivity contribution in [1.29, 1.82) is 0 Å². The quantitative estimate of drug-likeness (QED) is 0.462. The minimum atomic E-state index is -0.194. The summed E-state index contributed by atoms with van der Waals surface area (Å²) in [6.45, 7) is 6.14. The van der Waals surface area contributed by atoms with Crippen molar-refractivity contribution >= 4 is 43.9 Å². The van der Waals surface area contributed by atoms with Crippen LogP contribution in [-0.2, 0) is 11.3 Å². The Morgan fingerprint density at radius 2 is 1.87 bits per heavy atom. The van der Waals surface area contributed by atoms with E-state index in [2.05, 4.69) is 15.3 Å². The molecule has 4 rings (SSSR count). The van der Waals surface area contributed by atoms with Crippen LogP contribution in [0, 0.1) is 20.8 Å². The SMILES string of the molecule is COc1ccc(-c2nc(NC(=O)CCn3cnc4sc(C)c(C)c4c3=O)sc2C)cc1. The number of ether oxygens (including phenoxy) is 1. The number of nitrogens with zero attached hydrogens (tertiary/aromatic N) is 3. The third-order valence-electron chi connectivity index (χ3n) is 5.14. The van der Waals surface area contributed by atoms with Crippen molar-refractivity contribution in [2.24, 2.45) is 0 Å². The summed E-state index contributed by atoms with van der Waals surface area (Å²) in [5, 5.41) is 4.03. The van der Waals surface area contributed by atoms with Crippen LogP contribution < -0.4 is 15.6 Å². The lowest BCUT2D eigenvalue weighted by atomic mass is 10.1. The Bertz CT molecular complexity index is 1320. The van der Waals surface area contributed by atoms with E-state index in [1.165, 1.54) is 33.6 Å². The average Bonchev–Trinajstić information content (AvgIpc) is 3.26. The lowest BCUT2D eigenvalue weighted by molar-refractivity contribution is -0.116. The number of thiophene rings is 1. The van der Waals surface area contributed by atoms with E-state index in [0.717, 1.165) is 37.2 Å². The molecule has 0 bridgehead atoms. The molecule has 9 heteroatoms. The van der Waals surface area contributed by atoms with Gasteiger partial charge in [0.15, 0.2) is 5.13 Å². The number of benzene rings is 1. The van der Waals surface area contributed by atoms with E-state index in [1.807, 2.05) is 45.0 Å². The van der Waals surface area contributed by atoms with Crippen molar-refractivity contribution in [3.05, 3.63) is 56.3 Å². The average molecular weight is 455 g/mol. The van der Waals surface area contributed by atoms with Crippen LogP contribution in [0.25, 0.3) is 21.5 Å². The Balaban J connectivity index is 1.45. The van der Waals surface area contributed by atoms with E-state index in [0.29, 0.717) is 10.5 Å². The number of rotatable bonds is 6. The standard InChI is InChI=1S/C22H22N4O3S2/c1-12-13(2)30-20-18(12)21(28)26(11-23-20)10-9-17(27)24-22-25-19(14(3)31-22)15-5-7-16(29-4)8-6-15/h5-8,11H,9-10H2,1-4H3,(H,24,25,27). The molecular formula is C22H22N4O3S2. The fraction of sp³-hybridized carbons (Fsp3) is 0.273. The van der Waals surface area contributed by atoms with Gasteiger partial charge >= 0.3 is 0 Å². The summed E-state index contributed by atoms with van der Waals surface area (Å²) in [6.07, 6.45) is 1.68. The van der Waals surface area contributed by atoms with Crippen LogP contribution in [0.1, 0.15) is 21.7 Å². The molecule has 3 aromatic heterocycles. The number of amides is 1. The van der Waals surface area contributed by atoms with E-state index in [-0.39, 0.29) is 24.4 Å². The Morgan fingerprint density at radius 3 is 2.58 bits per heavy atom. The molecule has 0 saturated heterocycles. The van der Waals surface area contributed by atoms with E-state index in [1.54, 1.807) is 7.11 Å². The second-order valence-corrected chi connectivity index (χ2v) is 9.56. The largest absolute Gasteiger partial charge is 0.497 e. The lowest BCUT2D eigenvalue weighted by Crippen LogP contribution is -2.23. The number of methoxy groups -OCH3 is 1. The van der Waals surface area contributed by atoms with Crippen molar-refractivity contribution in [3.63, 3.8) is 0 Å². The molecule has 0 saturated carbocycles. The van der Waals surface area contributed by atoms with Crippen molar-refractivity contribution < 1.29 is 9.53 Å². The highest BCUT2D eigenvalue weighted by Gasteiger charge is 2.15. The summed E-state index contributed by atoms with van der Waals surface area (Å²) in [5.74, 6) is 0.584. The smallest absolute Gasteiger partial charge is 0.262 e. The first-order valence-electron chi connectivity index (χ1n) is 9.74. The second-order valence-electron chi connectivity index (χ2n) is 7.16. The maximum Gasteiger partial charge on any atom is 0.262 e. The first-order chi connectivity index (χ1) is 14.9. The second kappa shape index (κ2) is 8.60. The first kappa shape index (κ1) is 21.2. The summed E-state index contributed by atoms with van der Waals surface area (Å²) in [7, 11) is 1.63. The zero-order chi connectivity index (χ0) is 22.1. The number of thiazole rings is 1. The maximum atomic E-state index is 12.8. The Morgan fingerprint density at radius 1 is 1.13 bits per heavy atom. The van der Waals surface area contributed by atoms with Crippen molar-refractivity contribution in [1.82, 2.24) is 14.5 Å². The van der Waals surface area contributed by atoms with Gasteiger partial charge in [-0.25, -0.2) is 9.97 Å². The molecule has 31 heavy (non-hydrogen) atoms. The summed E-state index contributed by atoms with van der Waals surface area (Å²) >= 11 is 2.94. The molecule has 0 atom stereocenters. The Kier molecular flexibility index (Phi) is 5.88. The molecule has 1 N–H and O–H groups in total. The third-order valence-corrected chi connectivity index (χ3v) is 7.14. The van der Waals surface area contributed by atoms with Crippen LogP contribution in [0.2, 0.25) is 0 Å². The highest BCUT2D eigenvalue weighted by molar-refractivity contribution is 7.18. The van der Waals surface area contributed by atoms with E-state index < -0.39 is 0 Å². The highest BCUT2D eigenvalue weighted by atomic mass is 32.1. The normalized spacial score (nSPS) is 11.1. The van der Waals surface area contributed by atoms with Gasteiger partial charge in [-0.1, -0.05) is 0 Å². The van der Waals surface area contributed by atoms with Crippen LogP contribution in [0.4, 0.5) is 5.13 Å². The molecule has 160 valence electrons. The Hall–Kier alpha value is -3.04. The molecule has 0 radical (unpaired) electrons. The molecule has 0 spiro atoms. The molecule has 3 heterocycles. The molecule has 0 aliphatic rings. The number of carbonyl (C=O) groups excluding carboxylic acids is 1. The number of nitrogens with one attached hydrogen (secondary N) is 1. The molecule has 1 amide bonds. The minimum absolute atomic E-state index is 0.105. The van der Waals surface area contributed by atoms with Gasteiger partial charge < -0.3 is 10.1 Å². The molecule has 4 aromatic rings. The molecule has 0 aliphatic heterocycles. The van der Waals surface area contributed by atoms with Gasteiger partial charge in [0.25, 0.3) is 5.56 Å². The third kappa shape index (κ3) is 4.24. The van der Waals surface area contributed by atoms with Crippen LogP contribution in [0.5, 0.6) is 5.75 Å². The number of aromatic nitrogens is 3. The zero-order valence-electron chi connectivity index (χ0n) is 17.7. The van der Waals surface area contributed by atoms with Crippen LogP contribution in [-0.4, -0.2) is 27.6 Å². The first-order valence-corrected chi connectivity index (χ1v) is 11.4. The monoisotopic (exact) mass is 454 g/mol. The van der Waals surface area contributed by atoms with E-state index in [4.69, 9.17) is 4.74 Å². The number of fused-ring (bicyclic) bond motifs is 1. The van der Waals surface area contributed by atoms with Gasteiger partial charge in [0.05, 0.1) is 24.5 Å². The Labute approximate surface area is 187 Å². The van der Waals surface area contributed by atoms with Gasteiger partial charge in [-0.2, -0.15) is 0 Å². The van der Waals surface area contributed by atoms with Crippen LogP contribution in [0.15, 0.2) is 35.4 Å². The van der Waals surface area contributed by atoms with Crippen molar-refractivity contribution in [2.75, 3.05) is 12.4 Å². The van der Waals surface area contributed by atoms with Crippen molar-refractivity contribution in [3.8, 4) is 17.0 Å². The number of anilines is 1. The number of carbonyl (C=O) groups is 1. The molecule has 0 unspecified atom stereocenters. The number of aryl methyl sites for hydroxylation is 4. The fourth-order valence-electron chi connectivity index (χ4n) is 3.30. The van der Waals surface area contributed by atoms with Gasteiger partial charge in [-0.3, -0.25) is 14.2 Å². The van der Waals surface area contributed by atoms with Crippen molar-refractivity contribution in [2.45, 2.75) is 33.7 Å². The molecule has 7 nitrogen and oxygen atoms in total. The summed E-state index contributed by atoms with van der Waals surface area (Å²) in [4.78, 5) is 37.0. The summed E-state index contributed by atoms with van der Waals surface area (Å²) < 4.78 is 6.69. The molecule has 1 aromatic carbocycles. The number of hydrogen-bond acceptors (Lipinski definition) is 7. The van der Waals surface area contributed by atoms with Crippen LogP contribution >= 0.6 is 22.7 Å².